The van der Waals surface area contributed by atoms with Crippen LogP contribution in [0.5, 0.6) is 0 Å². The molecule has 0 spiro atoms. The van der Waals surface area contributed by atoms with Crippen LogP contribution in [0.3, 0.4) is 0 Å². The zero-order chi connectivity index (χ0) is 15.1. The molecular formula is C19H20N2O. The summed E-state index contributed by atoms with van der Waals surface area (Å²) in [5.41, 5.74) is 4.03. The third kappa shape index (κ3) is 2.04. The number of carbonyl (C=O) groups excluding carboxylic acids is 1. The maximum absolute atomic E-state index is 12.2. The van der Waals surface area contributed by atoms with Gasteiger partial charge >= 0.3 is 0 Å². The molecule has 2 atom stereocenters. The fourth-order valence-corrected chi connectivity index (χ4v) is 3.93. The van der Waals surface area contributed by atoms with Crippen molar-refractivity contribution in [3.8, 4) is 0 Å². The van der Waals surface area contributed by atoms with Crippen molar-refractivity contribution in [1.82, 2.24) is 9.80 Å². The number of rotatable bonds is 1. The number of hydrogen-bond donors (Lipinski definition) is 0. The van der Waals surface area contributed by atoms with Gasteiger partial charge in [0.05, 0.1) is 6.04 Å². The molecule has 2 aliphatic rings. The summed E-state index contributed by atoms with van der Waals surface area (Å²) in [6.45, 7) is 3.47. The topological polar surface area (TPSA) is 23.6 Å². The molecule has 2 aliphatic heterocycles. The van der Waals surface area contributed by atoms with Crippen molar-refractivity contribution < 1.29 is 4.79 Å². The smallest absolute Gasteiger partial charge is 0.221 e. The van der Waals surface area contributed by atoms with Crippen molar-refractivity contribution in [1.29, 1.82) is 0 Å². The highest BCUT2D eigenvalue weighted by molar-refractivity contribution is 5.74. The van der Waals surface area contributed by atoms with Crippen LogP contribution in [0.15, 0.2) is 54.6 Å². The molecule has 2 aromatic rings. The van der Waals surface area contributed by atoms with Crippen LogP contribution in [-0.2, 0) is 11.2 Å². The Labute approximate surface area is 131 Å². The van der Waals surface area contributed by atoms with Gasteiger partial charge in [0.25, 0.3) is 0 Å². The highest BCUT2D eigenvalue weighted by Gasteiger charge is 2.44. The van der Waals surface area contributed by atoms with Crippen molar-refractivity contribution >= 4 is 5.91 Å². The molecule has 2 aromatic carbocycles. The zero-order valence-corrected chi connectivity index (χ0v) is 12.8. The highest BCUT2D eigenvalue weighted by atomic mass is 16.2. The minimum absolute atomic E-state index is 0.0667. The van der Waals surface area contributed by atoms with E-state index in [2.05, 4.69) is 53.4 Å². The normalized spacial score (nSPS) is 24.0. The van der Waals surface area contributed by atoms with Crippen molar-refractivity contribution in [2.75, 3.05) is 13.1 Å². The molecule has 0 radical (unpaired) electrons. The summed E-state index contributed by atoms with van der Waals surface area (Å²) in [6.07, 6.45) is 1.12. The van der Waals surface area contributed by atoms with E-state index < -0.39 is 0 Å². The Kier molecular flexibility index (Phi) is 3.23. The van der Waals surface area contributed by atoms with Gasteiger partial charge in [-0.25, -0.2) is 0 Å². The lowest BCUT2D eigenvalue weighted by Gasteiger charge is -2.35. The molecule has 3 heteroatoms. The van der Waals surface area contributed by atoms with Gasteiger partial charge < -0.3 is 4.90 Å². The lowest BCUT2D eigenvalue weighted by Crippen LogP contribution is -2.36. The van der Waals surface area contributed by atoms with Crippen LogP contribution in [-0.4, -0.2) is 28.8 Å². The SMILES string of the molecule is CC(=O)N1C[C@H]2c3ccccc3CCN2[C@H]1c1ccccc1. The van der Waals surface area contributed by atoms with Gasteiger partial charge in [0, 0.05) is 20.0 Å². The van der Waals surface area contributed by atoms with Crippen LogP contribution in [0.1, 0.15) is 35.8 Å². The minimum atomic E-state index is 0.0667. The molecule has 4 rings (SSSR count). The minimum Gasteiger partial charge on any atom is -0.321 e. The molecule has 0 aromatic heterocycles. The van der Waals surface area contributed by atoms with E-state index in [-0.39, 0.29) is 12.1 Å². The molecule has 22 heavy (non-hydrogen) atoms. The summed E-state index contributed by atoms with van der Waals surface area (Å²) >= 11 is 0. The van der Waals surface area contributed by atoms with Gasteiger partial charge in [0.1, 0.15) is 6.17 Å². The van der Waals surface area contributed by atoms with Crippen molar-refractivity contribution in [2.45, 2.75) is 25.6 Å². The molecule has 112 valence electrons. The van der Waals surface area contributed by atoms with Crippen molar-refractivity contribution in [2.24, 2.45) is 0 Å². The van der Waals surface area contributed by atoms with Crippen LogP contribution in [0, 0.1) is 0 Å². The third-order valence-electron chi connectivity index (χ3n) is 4.93. The van der Waals surface area contributed by atoms with E-state index in [0.29, 0.717) is 6.04 Å². The van der Waals surface area contributed by atoms with Crippen LogP contribution >= 0.6 is 0 Å². The van der Waals surface area contributed by atoms with Gasteiger partial charge in [-0.2, -0.15) is 0 Å². The van der Waals surface area contributed by atoms with E-state index in [9.17, 15) is 4.79 Å². The first kappa shape index (κ1) is 13.5. The van der Waals surface area contributed by atoms with E-state index in [1.54, 1.807) is 6.92 Å². The fourth-order valence-electron chi connectivity index (χ4n) is 3.93. The van der Waals surface area contributed by atoms with E-state index in [0.717, 1.165) is 19.5 Å². The first-order valence-corrected chi connectivity index (χ1v) is 7.91. The van der Waals surface area contributed by atoms with Gasteiger partial charge in [-0.15, -0.1) is 0 Å². The van der Waals surface area contributed by atoms with E-state index in [1.165, 1.54) is 16.7 Å². The molecule has 1 fully saturated rings. The van der Waals surface area contributed by atoms with E-state index in [4.69, 9.17) is 0 Å². The summed E-state index contributed by atoms with van der Waals surface area (Å²) in [6, 6.07) is 19.4. The summed E-state index contributed by atoms with van der Waals surface area (Å²) in [7, 11) is 0. The maximum atomic E-state index is 12.2. The summed E-state index contributed by atoms with van der Waals surface area (Å²) in [5.74, 6) is 0.153. The largest absolute Gasteiger partial charge is 0.321 e. The Morgan fingerprint density at radius 3 is 2.55 bits per heavy atom. The molecule has 3 nitrogen and oxygen atoms in total. The van der Waals surface area contributed by atoms with Gasteiger partial charge in [-0.05, 0) is 23.1 Å². The molecule has 0 aliphatic carbocycles. The van der Waals surface area contributed by atoms with Crippen LogP contribution in [0.25, 0.3) is 0 Å². The molecule has 0 N–H and O–H groups in total. The molecular weight excluding hydrogens is 272 g/mol. The van der Waals surface area contributed by atoms with Crippen LogP contribution in [0.2, 0.25) is 0 Å². The zero-order valence-electron chi connectivity index (χ0n) is 12.8. The van der Waals surface area contributed by atoms with Gasteiger partial charge in [0.15, 0.2) is 0 Å². The Morgan fingerprint density at radius 1 is 1.05 bits per heavy atom. The average molecular weight is 292 g/mol. The molecule has 0 saturated carbocycles. The third-order valence-corrected chi connectivity index (χ3v) is 4.93. The lowest BCUT2D eigenvalue weighted by atomic mass is 9.93. The van der Waals surface area contributed by atoms with Crippen molar-refractivity contribution in [3.05, 3.63) is 71.3 Å². The van der Waals surface area contributed by atoms with Crippen LogP contribution in [0.4, 0.5) is 0 Å². The van der Waals surface area contributed by atoms with Gasteiger partial charge in [0.2, 0.25) is 5.91 Å². The summed E-state index contributed by atoms with van der Waals surface area (Å²) in [4.78, 5) is 16.7. The highest BCUT2D eigenvalue weighted by Crippen LogP contribution is 2.44. The first-order chi connectivity index (χ1) is 10.8. The van der Waals surface area contributed by atoms with Gasteiger partial charge in [-0.1, -0.05) is 54.6 Å². The average Bonchev–Trinajstić information content (AvgIpc) is 2.96. The summed E-state index contributed by atoms with van der Waals surface area (Å²) < 4.78 is 0. The van der Waals surface area contributed by atoms with Crippen LogP contribution < -0.4 is 0 Å². The number of hydrogen-bond acceptors (Lipinski definition) is 2. The summed E-state index contributed by atoms with van der Waals surface area (Å²) in [5, 5.41) is 0. The quantitative estimate of drug-likeness (QED) is 0.806. The number of amides is 1. The monoisotopic (exact) mass is 292 g/mol. The molecule has 1 amide bonds. The molecule has 0 bridgehead atoms. The fraction of sp³-hybridized carbons (Fsp3) is 0.316. The lowest BCUT2D eigenvalue weighted by molar-refractivity contribution is -0.131. The molecule has 2 heterocycles. The molecule has 0 unspecified atom stereocenters. The Bertz CT molecular complexity index is 698. The Morgan fingerprint density at radius 2 is 1.77 bits per heavy atom. The molecule has 1 saturated heterocycles. The predicted molar refractivity (Wildman–Crippen MR) is 86.2 cm³/mol. The predicted octanol–water partition coefficient (Wildman–Crippen LogP) is 3.15. The second kappa shape index (κ2) is 5.25. The number of fused-ring (bicyclic) bond motifs is 3. The Balaban J connectivity index is 1.78. The van der Waals surface area contributed by atoms with E-state index >= 15 is 0 Å². The number of benzene rings is 2. The van der Waals surface area contributed by atoms with Gasteiger partial charge in [-0.3, -0.25) is 9.69 Å². The second-order valence-corrected chi connectivity index (χ2v) is 6.16. The standard InChI is InChI=1S/C19H20N2O/c1-14(22)21-13-18-17-10-6-5-7-15(17)11-12-20(18)19(21)16-8-3-2-4-9-16/h2-10,18-19H,11-13H2,1H3/t18-,19+/m0/s1. The second-order valence-electron chi connectivity index (χ2n) is 6.16. The Hall–Kier alpha value is -2.13. The first-order valence-electron chi connectivity index (χ1n) is 7.91. The number of carbonyl (C=O) groups is 1. The maximum Gasteiger partial charge on any atom is 0.221 e. The van der Waals surface area contributed by atoms with E-state index in [1.807, 2.05) is 11.0 Å². The van der Waals surface area contributed by atoms with Crippen molar-refractivity contribution in [3.63, 3.8) is 0 Å². The number of nitrogens with zero attached hydrogens (tertiary/aromatic N) is 2.